The number of hydrogen-bond acceptors (Lipinski definition) is 3. The summed E-state index contributed by atoms with van der Waals surface area (Å²) in [6, 6.07) is 3.49. The van der Waals surface area contributed by atoms with E-state index >= 15 is 0 Å². The summed E-state index contributed by atoms with van der Waals surface area (Å²) in [7, 11) is 0. The van der Waals surface area contributed by atoms with E-state index in [0.717, 1.165) is 23.7 Å². The van der Waals surface area contributed by atoms with Crippen molar-refractivity contribution in [2.24, 2.45) is 0 Å². The summed E-state index contributed by atoms with van der Waals surface area (Å²) in [6.07, 6.45) is 6.59. The number of fused-ring (bicyclic) bond motifs is 1. The first-order valence-corrected chi connectivity index (χ1v) is 6.36. The molecule has 1 fully saturated rings. The van der Waals surface area contributed by atoms with E-state index in [1.807, 2.05) is 10.9 Å². The third kappa shape index (κ3) is 1.84. The van der Waals surface area contributed by atoms with Crippen LogP contribution in [0.5, 0.6) is 0 Å². The molecule has 0 N–H and O–H groups in total. The Hall–Kier alpha value is -1.62. The van der Waals surface area contributed by atoms with Crippen LogP contribution in [0.25, 0.3) is 10.9 Å². The van der Waals surface area contributed by atoms with Gasteiger partial charge >= 0.3 is 0 Å². The Labute approximate surface area is 108 Å². The zero-order valence-corrected chi connectivity index (χ0v) is 10.4. The molecule has 94 valence electrons. The monoisotopic (exact) mass is 265 g/mol. The molecule has 1 aromatic heterocycles. The van der Waals surface area contributed by atoms with Crippen molar-refractivity contribution in [1.29, 1.82) is 0 Å². The van der Waals surface area contributed by atoms with E-state index in [1.165, 1.54) is 18.9 Å². The first kappa shape index (κ1) is 11.5. The maximum Gasteiger partial charge on any atom is 0.288 e. The van der Waals surface area contributed by atoms with Crippen molar-refractivity contribution >= 4 is 28.2 Å². The van der Waals surface area contributed by atoms with E-state index in [0.29, 0.717) is 6.04 Å². The lowest BCUT2D eigenvalue weighted by molar-refractivity contribution is -0.384. The van der Waals surface area contributed by atoms with Gasteiger partial charge in [-0.05, 0) is 18.9 Å². The third-order valence-electron chi connectivity index (χ3n) is 3.49. The minimum absolute atomic E-state index is 0.0601. The quantitative estimate of drug-likeness (QED) is 0.614. The lowest BCUT2D eigenvalue weighted by atomic mass is 10.2. The molecule has 1 aromatic carbocycles. The molecular formula is C12H12ClN3O2. The standard InChI is InChI=1S/C12H12ClN3O2/c13-10-6-11-8(5-12(10)16(17)18)7-15(14-11)9-3-1-2-4-9/h5-7,9H,1-4H2. The maximum absolute atomic E-state index is 10.8. The van der Waals surface area contributed by atoms with Crippen LogP contribution in [0.1, 0.15) is 31.7 Å². The summed E-state index contributed by atoms with van der Waals surface area (Å²) in [5, 5.41) is 16.2. The van der Waals surface area contributed by atoms with E-state index < -0.39 is 4.92 Å². The molecule has 1 aliphatic rings. The summed E-state index contributed by atoms with van der Waals surface area (Å²) < 4.78 is 1.93. The second-order valence-corrected chi connectivity index (χ2v) is 5.07. The topological polar surface area (TPSA) is 61.0 Å². The summed E-state index contributed by atoms with van der Waals surface area (Å²) in [4.78, 5) is 10.4. The number of nitrogens with zero attached hydrogens (tertiary/aromatic N) is 3. The number of hydrogen-bond donors (Lipinski definition) is 0. The highest BCUT2D eigenvalue weighted by Gasteiger charge is 2.20. The lowest BCUT2D eigenvalue weighted by Gasteiger charge is -2.07. The van der Waals surface area contributed by atoms with Gasteiger partial charge in [-0.2, -0.15) is 5.10 Å². The molecule has 0 radical (unpaired) electrons. The molecule has 0 saturated heterocycles. The molecule has 18 heavy (non-hydrogen) atoms. The second-order valence-electron chi connectivity index (χ2n) is 4.67. The van der Waals surface area contributed by atoms with Gasteiger partial charge in [0.2, 0.25) is 0 Å². The largest absolute Gasteiger partial charge is 0.288 e. The highest BCUT2D eigenvalue weighted by Crippen LogP contribution is 2.33. The first-order valence-electron chi connectivity index (χ1n) is 5.98. The molecule has 0 amide bonds. The van der Waals surface area contributed by atoms with Crippen LogP contribution in [0.3, 0.4) is 0 Å². The predicted molar refractivity (Wildman–Crippen MR) is 68.9 cm³/mol. The zero-order chi connectivity index (χ0) is 12.7. The molecule has 0 bridgehead atoms. The van der Waals surface area contributed by atoms with E-state index in [9.17, 15) is 10.1 Å². The lowest BCUT2D eigenvalue weighted by Crippen LogP contribution is -2.04. The molecule has 1 aliphatic carbocycles. The third-order valence-corrected chi connectivity index (χ3v) is 3.79. The van der Waals surface area contributed by atoms with Crippen LogP contribution in [-0.4, -0.2) is 14.7 Å². The molecule has 6 heteroatoms. The van der Waals surface area contributed by atoms with E-state index in [-0.39, 0.29) is 10.7 Å². The minimum Gasteiger partial charge on any atom is -0.268 e. The summed E-state index contributed by atoms with van der Waals surface area (Å²) in [6.45, 7) is 0. The van der Waals surface area contributed by atoms with Gasteiger partial charge in [0.05, 0.1) is 16.5 Å². The van der Waals surface area contributed by atoms with Crippen molar-refractivity contribution in [3.8, 4) is 0 Å². The van der Waals surface area contributed by atoms with Crippen molar-refractivity contribution in [2.45, 2.75) is 31.7 Å². The van der Waals surface area contributed by atoms with Gasteiger partial charge in [0, 0.05) is 17.6 Å². The van der Waals surface area contributed by atoms with Gasteiger partial charge in [-0.3, -0.25) is 14.8 Å². The fourth-order valence-corrected chi connectivity index (χ4v) is 2.78. The van der Waals surface area contributed by atoms with Gasteiger partial charge in [0.1, 0.15) is 5.02 Å². The summed E-state index contributed by atoms with van der Waals surface area (Å²) >= 11 is 5.88. The number of rotatable bonds is 2. The molecule has 0 spiro atoms. The van der Waals surface area contributed by atoms with Crippen molar-refractivity contribution in [1.82, 2.24) is 9.78 Å². The van der Waals surface area contributed by atoms with Crippen LogP contribution in [-0.2, 0) is 0 Å². The SMILES string of the molecule is O=[N+]([O-])c1cc2cn(C3CCCC3)nc2cc1Cl. The van der Waals surface area contributed by atoms with Crippen LogP contribution in [0.4, 0.5) is 5.69 Å². The Morgan fingerprint density at radius 1 is 1.39 bits per heavy atom. The minimum atomic E-state index is -0.464. The summed E-state index contributed by atoms with van der Waals surface area (Å²) in [5.74, 6) is 0. The van der Waals surface area contributed by atoms with Gasteiger partial charge < -0.3 is 0 Å². The number of aromatic nitrogens is 2. The molecule has 2 aromatic rings. The van der Waals surface area contributed by atoms with Gasteiger partial charge in [-0.25, -0.2) is 0 Å². The van der Waals surface area contributed by atoms with Crippen molar-refractivity contribution < 1.29 is 4.92 Å². The summed E-state index contributed by atoms with van der Waals surface area (Å²) in [5.41, 5.74) is 0.660. The van der Waals surface area contributed by atoms with Gasteiger partial charge in [-0.15, -0.1) is 0 Å². The van der Waals surface area contributed by atoms with Gasteiger partial charge in [0.25, 0.3) is 5.69 Å². The normalized spacial score (nSPS) is 16.5. The van der Waals surface area contributed by atoms with Crippen LogP contribution >= 0.6 is 11.6 Å². The first-order chi connectivity index (χ1) is 8.65. The number of nitro benzene ring substituents is 1. The van der Waals surface area contributed by atoms with E-state index in [1.54, 1.807) is 6.07 Å². The van der Waals surface area contributed by atoms with Crippen LogP contribution in [0.15, 0.2) is 18.3 Å². The second kappa shape index (κ2) is 4.24. The van der Waals surface area contributed by atoms with Gasteiger partial charge in [-0.1, -0.05) is 24.4 Å². The molecule has 5 nitrogen and oxygen atoms in total. The Morgan fingerprint density at radius 3 is 2.78 bits per heavy atom. The van der Waals surface area contributed by atoms with Crippen molar-refractivity contribution in [3.05, 3.63) is 33.5 Å². The number of benzene rings is 1. The predicted octanol–water partition coefficient (Wildman–Crippen LogP) is 3.71. The zero-order valence-electron chi connectivity index (χ0n) is 9.67. The molecule has 1 heterocycles. The van der Waals surface area contributed by atoms with Crippen LogP contribution < -0.4 is 0 Å². The van der Waals surface area contributed by atoms with Crippen LogP contribution in [0, 0.1) is 10.1 Å². The van der Waals surface area contributed by atoms with Crippen molar-refractivity contribution in [3.63, 3.8) is 0 Å². The Morgan fingerprint density at radius 2 is 2.11 bits per heavy atom. The molecule has 3 rings (SSSR count). The highest BCUT2D eigenvalue weighted by molar-refractivity contribution is 6.33. The molecule has 1 saturated carbocycles. The van der Waals surface area contributed by atoms with E-state index in [2.05, 4.69) is 5.10 Å². The van der Waals surface area contributed by atoms with E-state index in [4.69, 9.17) is 11.6 Å². The molecule has 0 aliphatic heterocycles. The average Bonchev–Trinajstić information content (AvgIpc) is 2.95. The highest BCUT2D eigenvalue weighted by atomic mass is 35.5. The van der Waals surface area contributed by atoms with Gasteiger partial charge in [0.15, 0.2) is 0 Å². The number of halogens is 1. The Balaban J connectivity index is 2.08. The number of nitro groups is 1. The Bertz CT molecular complexity index is 617. The maximum atomic E-state index is 10.8. The molecule has 0 atom stereocenters. The van der Waals surface area contributed by atoms with Crippen molar-refractivity contribution in [2.75, 3.05) is 0 Å². The molecule has 0 unspecified atom stereocenters. The fourth-order valence-electron chi connectivity index (χ4n) is 2.55. The Kier molecular flexibility index (Phi) is 2.70. The smallest absolute Gasteiger partial charge is 0.268 e. The molecular weight excluding hydrogens is 254 g/mol. The average molecular weight is 266 g/mol. The fraction of sp³-hybridized carbons (Fsp3) is 0.417. The van der Waals surface area contributed by atoms with Crippen LogP contribution in [0.2, 0.25) is 5.02 Å².